The molecule has 3 aromatic rings. The van der Waals surface area contributed by atoms with Gasteiger partial charge in [0.1, 0.15) is 23.1 Å². The highest BCUT2D eigenvalue weighted by molar-refractivity contribution is 6.09. The molecule has 0 spiro atoms. The molecule has 0 unspecified atom stereocenters. The topological polar surface area (TPSA) is 88.4 Å². The van der Waals surface area contributed by atoms with Gasteiger partial charge in [-0.1, -0.05) is 30.3 Å². The third-order valence-corrected chi connectivity index (χ3v) is 4.17. The molecule has 0 aliphatic rings. The van der Waals surface area contributed by atoms with Gasteiger partial charge in [-0.3, -0.25) is 4.79 Å². The van der Waals surface area contributed by atoms with Crippen molar-refractivity contribution in [3.63, 3.8) is 0 Å². The van der Waals surface area contributed by atoms with Gasteiger partial charge in [0.25, 0.3) is 5.91 Å². The van der Waals surface area contributed by atoms with E-state index < -0.39 is 11.9 Å². The number of ether oxygens (including phenoxy) is 2. The van der Waals surface area contributed by atoms with Crippen LogP contribution in [-0.2, 0) is 9.53 Å². The van der Waals surface area contributed by atoms with Gasteiger partial charge >= 0.3 is 5.97 Å². The van der Waals surface area contributed by atoms with E-state index in [9.17, 15) is 14.9 Å². The number of carbonyl (C=O) groups is 2. The van der Waals surface area contributed by atoms with Crippen LogP contribution >= 0.6 is 0 Å². The van der Waals surface area contributed by atoms with Gasteiger partial charge in [0.2, 0.25) is 0 Å². The SMILES string of the molecule is CCOC(=O)c1ccc(NC(=O)C(C#N)=Cc2cccc(Oc3ccccc3)c2)cc1. The van der Waals surface area contributed by atoms with Crippen LogP contribution in [0.5, 0.6) is 11.5 Å². The lowest BCUT2D eigenvalue weighted by atomic mass is 10.1. The van der Waals surface area contributed by atoms with Crippen LogP contribution in [0.15, 0.2) is 84.4 Å². The first-order valence-electron chi connectivity index (χ1n) is 9.62. The molecule has 0 saturated carbocycles. The molecule has 6 nitrogen and oxygen atoms in total. The number of nitrogens with one attached hydrogen (secondary N) is 1. The van der Waals surface area contributed by atoms with E-state index in [0.29, 0.717) is 28.3 Å². The van der Waals surface area contributed by atoms with Crippen molar-refractivity contribution in [2.75, 3.05) is 11.9 Å². The average Bonchev–Trinajstić information content (AvgIpc) is 2.79. The summed E-state index contributed by atoms with van der Waals surface area (Å²) >= 11 is 0. The van der Waals surface area contributed by atoms with Crippen LogP contribution in [0.1, 0.15) is 22.8 Å². The van der Waals surface area contributed by atoms with Gasteiger partial charge in [0.05, 0.1) is 12.2 Å². The summed E-state index contributed by atoms with van der Waals surface area (Å²) in [6.45, 7) is 2.01. The summed E-state index contributed by atoms with van der Waals surface area (Å²) in [7, 11) is 0. The van der Waals surface area contributed by atoms with Gasteiger partial charge in [-0.15, -0.1) is 0 Å². The minimum absolute atomic E-state index is 0.0636. The number of esters is 1. The molecule has 6 heteroatoms. The first kappa shape index (κ1) is 21.3. The van der Waals surface area contributed by atoms with E-state index in [1.165, 1.54) is 6.08 Å². The second-order valence-electron chi connectivity index (χ2n) is 6.41. The average molecular weight is 412 g/mol. The number of para-hydroxylation sites is 1. The van der Waals surface area contributed by atoms with Gasteiger partial charge in [0, 0.05) is 5.69 Å². The van der Waals surface area contributed by atoms with Crippen molar-refractivity contribution in [3.05, 3.63) is 95.6 Å². The molecule has 3 aromatic carbocycles. The predicted molar refractivity (Wildman–Crippen MR) is 118 cm³/mol. The number of nitriles is 1. The molecule has 0 aromatic heterocycles. The van der Waals surface area contributed by atoms with Gasteiger partial charge in [0.15, 0.2) is 0 Å². The van der Waals surface area contributed by atoms with Crippen LogP contribution in [0.2, 0.25) is 0 Å². The summed E-state index contributed by atoms with van der Waals surface area (Å²) in [6.07, 6.45) is 1.49. The zero-order valence-corrected chi connectivity index (χ0v) is 16.9. The van der Waals surface area contributed by atoms with E-state index in [0.717, 1.165) is 0 Å². The van der Waals surface area contributed by atoms with E-state index in [4.69, 9.17) is 9.47 Å². The largest absolute Gasteiger partial charge is 0.462 e. The molecule has 0 bridgehead atoms. The fourth-order valence-electron chi connectivity index (χ4n) is 2.71. The van der Waals surface area contributed by atoms with Crippen LogP contribution in [0.3, 0.4) is 0 Å². The Bertz CT molecular complexity index is 1130. The molecule has 0 radical (unpaired) electrons. The third-order valence-electron chi connectivity index (χ3n) is 4.17. The summed E-state index contributed by atoms with van der Waals surface area (Å²) in [6, 6.07) is 24.6. The number of benzene rings is 3. The van der Waals surface area contributed by atoms with Crippen molar-refractivity contribution in [1.82, 2.24) is 0 Å². The highest BCUT2D eigenvalue weighted by atomic mass is 16.5. The summed E-state index contributed by atoms with van der Waals surface area (Å²) in [5, 5.41) is 12.1. The number of carbonyl (C=O) groups excluding carboxylic acids is 2. The van der Waals surface area contributed by atoms with Crippen molar-refractivity contribution in [2.45, 2.75) is 6.92 Å². The Morgan fingerprint density at radius 3 is 2.35 bits per heavy atom. The van der Waals surface area contributed by atoms with Crippen molar-refractivity contribution in [2.24, 2.45) is 0 Å². The number of anilines is 1. The Kier molecular flexibility index (Phi) is 7.17. The van der Waals surface area contributed by atoms with E-state index in [-0.39, 0.29) is 12.2 Å². The van der Waals surface area contributed by atoms with Crippen LogP contribution in [0.25, 0.3) is 6.08 Å². The fraction of sp³-hybridized carbons (Fsp3) is 0.0800. The first-order chi connectivity index (χ1) is 15.1. The Morgan fingerprint density at radius 1 is 0.968 bits per heavy atom. The van der Waals surface area contributed by atoms with Gasteiger partial charge in [-0.2, -0.15) is 5.26 Å². The lowest BCUT2D eigenvalue weighted by Gasteiger charge is -2.07. The van der Waals surface area contributed by atoms with Gasteiger partial charge < -0.3 is 14.8 Å². The Balaban J connectivity index is 1.71. The molecular formula is C25H20N2O4. The van der Waals surface area contributed by atoms with E-state index in [1.54, 1.807) is 55.5 Å². The first-order valence-corrected chi connectivity index (χ1v) is 9.62. The molecule has 0 fully saturated rings. The van der Waals surface area contributed by atoms with Crippen LogP contribution < -0.4 is 10.1 Å². The Labute approximate surface area is 180 Å². The summed E-state index contributed by atoms with van der Waals surface area (Å²) in [5.41, 5.74) is 1.43. The number of amides is 1. The minimum Gasteiger partial charge on any atom is -0.462 e. The van der Waals surface area contributed by atoms with Crippen LogP contribution in [0, 0.1) is 11.3 Å². The maximum absolute atomic E-state index is 12.5. The van der Waals surface area contributed by atoms with E-state index in [1.807, 2.05) is 36.4 Å². The predicted octanol–water partition coefficient (Wildman–Crippen LogP) is 5.20. The van der Waals surface area contributed by atoms with Gasteiger partial charge in [-0.25, -0.2) is 4.79 Å². The monoisotopic (exact) mass is 412 g/mol. The summed E-state index contributed by atoms with van der Waals surface area (Å²) in [5.74, 6) is 0.289. The van der Waals surface area contributed by atoms with Crippen molar-refractivity contribution in [3.8, 4) is 17.6 Å². The summed E-state index contributed by atoms with van der Waals surface area (Å²) < 4.78 is 10.7. The lowest BCUT2D eigenvalue weighted by Crippen LogP contribution is -2.13. The van der Waals surface area contributed by atoms with Crippen LogP contribution in [-0.4, -0.2) is 18.5 Å². The molecule has 0 atom stereocenters. The molecule has 31 heavy (non-hydrogen) atoms. The normalized spacial score (nSPS) is 10.6. The van der Waals surface area contributed by atoms with Crippen molar-refractivity contribution in [1.29, 1.82) is 5.26 Å². The second-order valence-corrected chi connectivity index (χ2v) is 6.41. The molecule has 3 rings (SSSR count). The molecule has 0 aliphatic carbocycles. The molecule has 0 aliphatic heterocycles. The third kappa shape index (κ3) is 6.05. The maximum Gasteiger partial charge on any atom is 0.338 e. The number of hydrogen-bond donors (Lipinski definition) is 1. The van der Waals surface area contributed by atoms with Gasteiger partial charge in [-0.05, 0) is 67.1 Å². The quantitative estimate of drug-likeness (QED) is 0.327. The van der Waals surface area contributed by atoms with Crippen LogP contribution in [0.4, 0.5) is 5.69 Å². The minimum atomic E-state index is -0.555. The molecule has 154 valence electrons. The molecule has 1 amide bonds. The maximum atomic E-state index is 12.5. The lowest BCUT2D eigenvalue weighted by molar-refractivity contribution is -0.112. The number of hydrogen-bond acceptors (Lipinski definition) is 5. The molecule has 0 heterocycles. The standard InChI is InChI=1S/C25H20N2O4/c1-2-30-25(29)19-11-13-21(14-12-19)27-24(28)20(17-26)15-18-7-6-10-23(16-18)31-22-8-4-3-5-9-22/h3-16H,2H2,1H3,(H,27,28). The van der Waals surface area contributed by atoms with Crippen molar-refractivity contribution >= 4 is 23.6 Å². The highest BCUT2D eigenvalue weighted by Crippen LogP contribution is 2.23. The Morgan fingerprint density at radius 2 is 1.68 bits per heavy atom. The second kappa shape index (κ2) is 10.4. The zero-order chi connectivity index (χ0) is 22.1. The highest BCUT2D eigenvalue weighted by Gasteiger charge is 2.11. The van der Waals surface area contributed by atoms with E-state index in [2.05, 4.69) is 5.32 Å². The molecule has 1 N–H and O–H groups in total. The molecule has 0 saturated heterocycles. The number of nitrogens with zero attached hydrogens (tertiary/aromatic N) is 1. The van der Waals surface area contributed by atoms with Crippen molar-refractivity contribution < 1.29 is 19.1 Å². The Hall–Kier alpha value is -4.37. The fourth-order valence-corrected chi connectivity index (χ4v) is 2.71. The summed E-state index contributed by atoms with van der Waals surface area (Å²) in [4.78, 5) is 24.2. The smallest absolute Gasteiger partial charge is 0.338 e. The number of rotatable bonds is 7. The molecular weight excluding hydrogens is 392 g/mol. The van der Waals surface area contributed by atoms with E-state index >= 15 is 0 Å². The zero-order valence-electron chi connectivity index (χ0n) is 16.9.